The van der Waals surface area contributed by atoms with Crippen LogP contribution in [0, 0.1) is 0 Å². The van der Waals surface area contributed by atoms with E-state index in [4.69, 9.17) is 0 Å². The van der Waals surface area contributed by atoms with Gasteiger partial charge in [-0.3, -0.25) is 0 Å². The summed E-state index contributed by atoms with van der Waals surface area (Å²) in [4.78, 5) is 0. The van der Waals surface area contributed by atoms with Gasteiger partial charge in [-0.05, 0) is 26.3 Å². The van der Waals surface area contributed by atoms with E-state index in [0.29, 0.717) is 11.5 Å². The number of hydrogen-bond acceptors (Lipinski definition) is 3. The lowest BCUT2D eigenvalue weighted by Gasteiger charge is -2.23. The topological polar surface area (TPSA) is 46.2 Å². The standard InChI is InChI=1S/C11H23NO2S/c1-3-4-5-6-8-12-11(2)7-9-15(13,14)10-11/h12H,3-10H2,1-2H3. The van der Waals surface area contributed by atoms with Crippen molar-refractivity contribution in [1.82, 2.24) is 5.32 Å². The van der Waals surface area contributed by atoms with Gasteiger partial charge in [0, 0.05) is 5.54 Å². The Kier molecular flexibility index (Phi) is 4.59. The summed E-state index contributed by atoms with van der Waals surface area (Å²) in [5.74, 6) is 0.666. The fourth-order valence-electron chi connectivity index (χ4n) is 2.09. The Hall–Kier alpha value is -0.0900. The van der Waals surface area contributed by atoms with Crippen molar-refractivity contribution < 1.29 is 8.42 Å². The first-order chi connectivity index (χ1) is 6.97. The molecule has 3 nitrogen and oxygen atoms in total. The highest BCUT2D eigenvalue weighted by Crippen LogP contribution is 2.22. The third-order valence-electron chi connectivity index (χ3n) is 3.09. The highest BCUT2D eigenvalue weighted by atomic mass is 32.2. The Labute approximate surface area is 93.6 Å². The first kappa shape index (κ1) is 13.0. The van der Waals surface area contributed by atoms with Crippen LogP contribution in [0.25, 0.3) is 0 Å². The van der Waals surface area contributed by atoms with Crippen LogP contribution in [0.2, 0.25) is 0 Å². The van der Waals surface area contributed by atoms with Gasteiger partial charge in [0.2, 0.25) is 0 Å². The van der Waals surface area contributed by atoms with Crippen molar-refractivity contribution in [2.75, 3.05) is 18.1 Å². The number of unbranched alkanes of at least 4 members (excludes halogenated alkanes) is 3. The van der Waals surface area contributed by atoms with E-state index in [9.17, 15) is 8.42 Å². The van der Waals surface area contributed by atoms with Crippen LogP contribution < -0.4 is 5.32 Å². The molecule has 1 N–H and O–H groups in total. The first-order valence-corrected chi connectivity index (χ1v) is 7.75. The molecule has 1 fully saturated rings. The number of rotatable bonds is 6. The summed E-state index contributed by atoms with van der Waals surface area (Å²) in [6, 6.07) is 0. The molecule has 0 aromatic heterocycles. The van der Waals surface area contributed by atoms with Crippen LogP contribution in [0.3, 0.4) is 0 Å². The smallest absolute Gasteiger partial charge is 0.152 e. The highest BCUT2D eigenvalue weighted by Gasteiger charge is 2.37. The van der Waals surface area contributed by atoms with Crippen molar-refractivity contribution in [2.45, 2.75) is 51.5 Å². The second-order valence-electron chi connectivity index (χ2n) is 4.89. The van der Waals surface area contributed by atoms with Crippen molar-refractivity contribution in [3.8, 4) is 0 Å². The van der Waals surface area contributed by atoms with Gasteiger partial charge in [-0.25, -0.2) is 8.42 Å². The Morgan fingerprint density at radius 3 is 2.53 bits per heavy atom. The maximum Gasteiger partial charge on any atom is 0.152 e. The zero-order valence-electron chi connectivity index (χ0n) is 9.88. The van der Waals surface area contributed by atoms with E-state index >= 15 is 0 Å². The molecule has 1 rings (SSSR count). The summed E-state index contributed by atoms with van der Waals surface area (Å²) >= 11 is 0. The second-order valence-corrected chi connectivity index (χ2v) is 7.07. The molecule has 0 bridgehead atoms. The van der Waals surface area contributed by atoms with E-state index in [-0.39, 0.29) is 5.54 Å². The molecule has 0 saturated carbocycles. The summed E-state index contributed by atoms with van der Waals surface area (Å²) in [5.41, 5.74) is -0.162. The molecule has 0 radical (unpaired) electrons. The highest BCUT2D eigenvalue weighted by molar-refractivity contribution is 7.91. The first-order valence-electron chi connectivity index (χ1n) is 5.93. The van der Waals surface area contributed by atoms with Crippen LogP contribution in [0.15, 0.2) is 0 Å². The minimum Gasteiger partial charge on any atom is -0.310 e. The van der Waals surface area contributed by atoms with Gasteiger partial charge in [0.05, 0.1) is 11.5 Å². The van der Waals surface area contributed by atoms with Crippen molar-refractivity contribution >= 4 is 9.84 Å². The van der Waals surface area contributed by atoms with Crippen LogP contribution in [-0.4, -0.2) is 32.0 Å². The lowest BCUT2D eigenvalue weighted by Crippen LogP contribution is -2.43. The van der Waals surface area contributed by atoms with Crippen LogP contribution in [0.5, 0.6) is 0 Å². The molecule has 0 spiro atoms. The molecular formula is C11H23NO2S. The summed E-state index contributed by atoms with van der Waals surface area (Å²) in [5, 5.41) is 3.39. The van der Waals surface area contributed by atoms with Crippen molar-refractivity contribution in [3.05, 3.63) is 0 Å². The maximum absolute atomic E-state index is 11.3. The number of sulfone groups is 1. The Balaban J connectivity index is 2.21. The molecule has 1 heterocycles. The fourth-order valence-corrected chi connectivity index (χ4v) is 4.21. The molecule has 1 atom stereocenters. The van der Waals surface area contributed by atoms with E-state index in [1.165, 1.54) is 19.3 Å². The zero-order chi connectivity index (χ0) is 11.4. The Morgan fingerprint density at radius 2 is 2.00 bits per heavy atom. The van der Waals surface area contributed by atoms with E-state index in [1.54, 1.807) is 0 Å². The van der Waals surface area contributed by atoms with Gasteiger partial charge in [0.15, 0.2) is 9.84 Å². The van der Waals surface area contributed by atoms with Gasteiger partial charge in [0.25, 0.3) is 0 Å². The molecule has 0 aliphatic carbocycles. The zero-order valence-corrected chi connectivity index (χ0v) is 10.7. The average molecular weight is 233 g/mol. The normalized spacial score (nSPS) is 29.5. The van der Waals surface area contributed by atoms with E-state index in [2.05, 4.69) is 12.2 Å². The van der Waals surface area contributed by atoms with Crippen LogP contribution in [-0.2, 0) is 9.84 Å². The molecule has 1 aliphatic heterocycles. The van der Waals surface area contributed by atoms with Gasteiger partial charge in [-0.2, -0.15) is 0 Å². The van der Waals surface area contributed by atoms with E-state index in [1.807, 2.05) is 6.92 Å². The third-order valence-corrected chi connectivity index (χ3v) is 4.99. The summed E-state index contributed by atoms with van der Waals surface area (Å²) < 4.78 is 22.7. The fraction of sp³-hybridized carbons (Fsp3) is 1.00. The molecule has 15 heavy (non-hydrogen) atoms. The Morgan fingerprint density at radius 1 is 1.27 bits per heavy atom. The lowest BCUT2D eigenvalue weighted by atomic mass is 10.0. The number of nitrogens with one attached hydrogen (secondary N) is 1. The average Bonchev–Trinajstić information content (AvgIpc) is 2.41. The van der Waals surface area contributed by atoms with E-state index in [0.717, 1.165) is 19.4 Å². The predicted molar refractivity (Wildman–Crippen MR) is 63.8 cm³/mol. The molecule has 1 saturated heterocycles. The van der Waals surface area contributed by atoms with Gasteiger partial charge in [-0.1, -0.05) is 26.2 Å². The monoisotopic (exact) mass is 233 g/mol. The van der Waals surface area contributed by atoms with Gasteiger partial charge >= 0.3 is 0 Å². The van der Waals surface area contributed by atoms with Crippen LogP contribution >= 0.6 is 0 Å². The van der Waals surface area contributed by atoms with Crippen molar-refractivity contribution in [3.63, 3.8) is 0 Å². The minimum atomic E-state index is -2.76. The minimum absolute atomic E-state index is 0.162. The molecule has 1 aliphatic rings. The summed E-state index contributed by atoms with van der Waals surface area (Å²) in [7, 11) is -2.76. The molecule has 1 unspecified atom stereocenters. The van der Waals surface area contributed by atoms with Crippen molar-refractivity contribution in [2.24, 2.45) is 0 Å². The van der Waals surface area contributed by atoms with Crippen LogP contribution in [0.1, 0.15) is 46.0 Å². The molecule has 0 amide bonds. The van der Waals surface area contributed by atoms with Crippen molar-refractivity contribution in [1.29, 1.82) is 0 Å². The lowest BCUT2D eigenvalue weighted by molar-refractivity contribution is 0.390. The number of hydrogen-bond donors (Lipinski definition) is 1. The largest absolute Gasteiger partial charge is 0.310 e. The Bertz CT molecular complexity index is 287. The van der Waals surface area contributed by atoms with Gasteiger partial charge < -0.3 is 5.32 Å². The molecule has 0 aromatic rings. The third kappa shape index (κ3) is 4.51. The predicted octanol–water partition coefficient (Wildman–Crippen LogP) is 1.73. The molecular weight excluding hydrogens is 210 g/mol. The quantitative estimate of drug-likeness (QED) is 0.711. The second kappa shape index (κ2) is 5.30. The van der Waals surface area contributed by atoms with Crippen LogP contribution in [0.4, 0.5) is 0 Å². The molecule has 90 valence electrons. The molecule has 0 aromatic carbocycles. The SMILES string of the molecule is CCCCCCNC1(C)CCS(=O)(=O)C1. The summed E-state index contributed by atoms with van der Waals surface area (Å²) in [6.45, 7) is 5.17. The maximum atomic E-state index is 11.3. The molecule has 4 heteroatoms. The van der Waals surface area contributed by atoms with E-state index < -0.39 is 9.84 Å². The van der Waals surface area contributed by atoms with Gasteiger partial charge in [0.1, 0.15) is 0 Å². The van der Waals surface area contributed by atoms with Gasteiger partial charge in [-0.15, -0.1) is 0 Å². The summed E-state index contributed by atoms with van der Waals surface area (Å²) in [6.07, 6.45) is 5.68.